The van der Waals surface area contributed by atoms with Crippen molar-refractivity contribution in [1.29, 1.82) is 0 Å². The maximum absolute atomic E-state index is 10.9. The highest BCUT2D eigenvalue weighted by molar-refractivity contribution is 6.30. The number of aromatic hydroxyl groups is 4. The van der Waals surface area contributed by atoms with Crippen LogP contribution in [0.1, 0.15) is 33.6 Å². The third-order valence-corrected chi connectivity index (χ3v) is 9.87. The average molecular weight is 681 g/mol. The Labute approximate surface area is 298 Å². The molecule has 3 aliphatic heterocycles. The van der Waals surface area contributed by atoms with Gasteiger partial charge in [0.1, 0.15) is 23.0 Å². The van der Waals surface area contributed by atoms with Crippen molar-refractivity contribution in [2.45, 2.75) is 11.5 Å². The van der Waals surface area contributed by atoms with E-state index in [0.717, 1.165) is 61.2 Å². The summed E-state index contributed by atoms with van der Waals surface area (Å²) in [5, 5.41) is 44.5. The lowest BCUT2D eigenvalue weighted by atomic mass is 9.67. The number of benzene rings is 4. The van der Waals surface area contributed by atoms with Gasteiger partial charge in [-0.25, -0.2) is 4.99 Å². The van der Waals surface area contributed by atoms with Crippen LogP contribution in [0.4, 0.5) is 0 Å². The zero-order valence-corrected chi connectivity index (χ0v) is 27.7. The molecule has 6 N–H and O–H groups in total. The topological polar surface area (TPSA) is 137 Å². The first-order valence-electron chi connectivity index (χ1n) is 16.9. The molecule has 0 radical (unpaired) electrons. The molecule has 5 heterocycles. The molecule has 8 nitrogen and oxygen atoms in total. The van der Waals surface area contributed by atoms with Crippen molar-refractivity contribution in [3.63, 3.8) is 0 Å². The molecular weight excluding hydrogens is 649 g/mol. The number of hydrogen-bond acceptors (Lipinski definition) is 6. The highest BCUT2D eigenvalue weighted by Gasteiger charge is 2.46. The van der Waals surface area contributed by atoms with Gasteiger partial charge in [0.05, 0.1) is 28.6 Å². The Bertz CT molecular complexity index is 2660. The Hall–Kier alpha value is -7.06. The second-order valence-corrected chi connectivity index (χ2v) is 13.1. The second kappa shape index (κ2) is 12.1. The van der Waals surface area contributed by atoms with Crippen LogP contribution in [0.5, 0.6) is 23.0 Å². The van der Waals surface area contributed by atoms with Crippen molar-refractivity contribution in [2.24, 2.45) is 9.98 Å². The minimum atomic E-state index is -1.04. The van der Waals surface area contributed by atoms with Crippen LogP contribution in [-0.4, -0.2) is 47.9 Å². The molecule has 9 rings (SSSR count). The standard InChI is InChI=1S/C44H32N4O4/c49-32-9-1-5-26(21-32)42-36-15-13-30(45-36)25-31-14-19-40(46-31)44(28-7-3-11-34(51)23-28,29-8-4-12-35(52)24-29)41-20-18-39(48-41)43(38-17-16-37(42)47-38)27-6-2-10-33(50)22-27/h1-25,40,45,48-52H. The molecule has 0 saturated heterocycles. The predicted octanol–water partition coefficient (Wildman–Crippen LogP) is 6.34. The summed E-state index contributed by atoms with van der Waals surface area (Å²) in [6.45, 7) is 0. The summed E-state index contributed by atoms with van der Waals surface area (Å²) < 4.78 is 0. The Morgan fingerprint density at radius 1 is 0.577 bits per heavy atom. The Morgan fingerprint density at radius 3 is 1.87 bits per heavy atom. The molecule has 0 spiro atoms. The smallest absolute Gasteiger partial charge is 0.116 e. The first-order valence-corrected chi connectivity index (χ1v) is 16.9. The first-order chi connectivity index (χ1) is 25.3. The monoisotopic (exact) mass is 680 g/mol. The third kappa shape index (κ3) is 5.16. The Morgan fingerprint density at radius 2 is 1.21 bits per heavy atom. The van der Waals surface area contributed by atoms with E-state index in [-0.39, 0.29) is 23.0 Å². The number of aromatic nitrogens is 2. The fraction of sp³-hybridized carbons (Fsp3) is 0.0455. The number of nitrogens with one attached hydrogen (secondary N) is 2. The molecule has 6 aromatic rings. The van der Waals surface area contributed by atoms with Gasteiger partial charge in [-0.1, -0.05) is 54.6 Å². The zero-order chi connectivity index (χ0) is 35.4. The average Bonchev–Trinajstić information content (AvgIpc) is 3.96. The van der Waals surface area contributed by atoms with Gasteiger partial charge in [-0.15, -0.1) is 0 Å². The number of phenols is 4. The van der Waals surface area contributed by atoms with Crippen molar-refractivity contribution in [3.05, 3.63) is 196 Å². The number of H-pyrrole nitrogens is 2. The number of fused-ring (bicyclic) bond motifs is 6. The number of nitrogens with zero attached hydrogens (tertiary/aromatic N) is 2. The third-order valence-electron chi connectivity index (χ3n) is 9.87. The van der Waals surface area contributed by atoms with Gasteiger partial charge in [-0.2, -0.15) is 0 Å². The Kier molecular flexibility index (Phi) is 7.18. The van der Waals surface area contributed by atoms with E-state index in [1.807, 2.05) is 91.0 Å². The minimum absolute atomic E-state index is 0.104. The summed E-state index contributed by atoms with van der Waals surface area (Å²) in [7, 11) is 0. The van der Waals surface area contributed by atoms with Crippen molar-refractivity contribution in [2.75, 3.05) is 0 Å². The molecule has 0 fully saturated rings. The van der Waals surface area contributed by atoms with Crippen molar-refractivity contribution >= 4 is 28.6 Å². The highest BCUT2D eigenvalue weighted by atomic mass is 16.3. The molecule has 3 aliphatic rings. The summed E-state index contributed by atoms with van der Waals surface area (Å²) in [6, 6.07) is 36.0. The normalized spacial score (nSPS) is 17.2. The molecule has 0 aliphatic carbocycles. The number of hydrogen-bond donors (Lipinski definition) is 6. The molecule has 52 heavy (non-hydrogen) atoms. The second-order valence-electron chi connectivity index (χ2n) is 13.1. The highest BCUT2D eigenvalue weighted by Crippen LogP contribution is 2.47. The molecule has 0 saturated carbocycles. The first kappa shape index (κ1) is 31.0. The number of rotatable bonds is 4. The zero-order valence-electron chi connectivity index (χ0n) is 27.7. The van der Waals surface area contributed by atoms with Crippen LogP contribution in [0, 0.1) is 0 Å². The van der Waals surface area contributed by atoms with Gasteiger partial charge in [0.25, 0.3) is 0 Å². The molecular formula is C44H32N4O4. The molecule has 0 amide bonds. The van der Waals surface area contributed by atoms with Gasteiger partial charge in [-0.3, -0.25) is 4.99 Å². The maximum atomic E-state index is 10.9. The van der Waals surface area contributed by atoms with Gasteiger partial charge < -0.3 is 30.4 Å². The van der Waals surface area contributed by atoms with E-state index in [4.69, 9.17) is 9.98 Å². The lowest BCUT2D eigenvalue weighted by Gasteiger charge is -2.38. The lowest BCUT2D eigenvalue weighted by molar-refractivity contribution is 0.465. The van der Waals surface area contributed by atoms with E-state index in [0.29, 0.717) is 11.4 Å². The summed E-state index contributed by atoms with van der Waals surface area (Å²) in [5.41, 5.74) is 7.21. The number of phenolic OH excluding ortho intramolecular Hbond substituents is 4. The summed E-state index contributed by atoms with van der Waals surface area (Å²) >= 11 is 0. The van der Waals surface area contributed by atoms with Crippen LogP contribution >= 0.6 is 0 Å². The van der Waals surface area contributed by atoms with Crippen LogP contribution in [0.3, 0.4) is 0 Å². The number of allylic oxidation sites excluding steroid dienone is 3. The van der Waals surface area contributed by atoms with E-state index in [1.54, 1.807) is 54.6 Å². The lowest BCUT2D eigenvalue weighted by Crippen LogP contribution is -2.40. The molecule has 1 unspecified atom stereocenters. The maximum Gasteiger partial charge on any atom is 0.116 e. The van der Waals surface area contributed by atoms with Gasteiger partial charge in [0.15, 0.2) is 0 Å². The van der Waals surface area contributed by atoms with E-state index in [9.17, 15) is 20.4 Å². The van der Waals surface area contributed by atoms with Crippen LogP contribution in [0.25, 0.3) is 17.2 Å². The van der Waals surface area contributed by atoms with E-state index in [2.05, 4.69) is 16.0 Å². The van der Waals surface area contributed by atoms with Gasteiger partial charge in [-0.05, 0) is 119 Å². The van der Waals surface area contributed by atoms with Gasteiger partial charge >= 0.3 is 0 Å². The molecule has 2 aromatic heterocycles. The summed E-state index contributed by atoms with van der Waals surface area (Å²) in [6.07, 6.45) is 9.95. The van der Waals surface area contributed by atoms with Crippen molar-refractivity contribution in [1.82, 2.24) is 9.97 Å². The molecule has 1 atom stereocenters. The van der Waals surface area contributed by atoms with Crippen molar-refractivity contribution in [3.8, 4) is 23.0 Å². The SMILES string of the molecule is Oc1cccc(C2=C3C=CC(=N3)C(c3cccc(O)c3)=c3ccc([nH]3)=CC3=NC(C=C3)C(c3cccc(O)c3)(c3cccc(O)c3)c3ccc2[nH]3)c1. The Balaban J connectivity index is 1.40. The van der Waals surface area contributed by atoms with E-state index >= 15 is 0 Å². The summed E-state index contributed by atoms with van der Waals surface area (Å²) in [5.74, 6) is 0.468. The molecule has 8 bridgehead atoms. The van der Waals surface area contributed by atoms with Gasteiger partial charge in [0, 0.05) is 33.2 Å². The van der Waals surface area contributed by atoms with Crippen LogP contribution < -0.4 is 10.7 Å². The fourth-order valence-corrected chi connectivity index (χ4v) is 7.66. The van der Waals surface area contributed by atoms with E-state index in [1.165, 1.54) is 0 Å². The number of aromatic amines is 2. The fourth-order valence-electron chi connectivity index (χ4n) is 7.66. The van der Waals surface area contributed by atoms with Gasteiger partial charge in [0.2, 0.25) is 0 Å². The van der Waals surface area contributed by atoms with Crippen molar-refractivity contribution < 1.29 is 20.4 Å². The molecule has 4 aromatic carbocycles. The number of aliphatic imine (C=N–C) groups is 2. The molecule has 8 heteroatoms. The predicted molar refractivity (Wildman–Crippen MR) is 203 cm³/mol. The van der Waals surface area contributed by atoms with Crippen LogP contribution in [0.15, 0.2) is 161 Å². The largest absolute Gasteiger partial charge is 0.508 e. The van der Waals surface area contributed by atoms with Crippen LogP contribution in [0.2, 0.25) is 0 Å². The summed E-state index contributed by atoms with van der Waals surface area (Å²) in [4.78, 5) is 17.8. The minimum Gasteiger partial charge on any atom is -0.508 e. The van der Waals surface area contributed by atoms with Crippen LogP contribution in [-0.2, 0) is 5.41 Å². The van der Waals surface area contributed by atoms with E-state index < -0.39 is 11.5 Å². The quantitative estimate of drug-likeness (QED) is 0.129. The molecule has 252 valence electrons.